The summed E-state index contributed by atoms with van der Waals surface area (Å²) in [6, 6.07) is 23.6. The lowest BCUT2D eigenvalue weighted by Crippen LogP contribution is -2.60. The van der Waals surface area contributed by atoms with Crippen molar-refractivity contribution in [1.82, 2.24) is 0 Å². The fourth-order valence-electron chi connectivity index (χ4n) is 3.34. The van der Waals surface area contributed by atoms with Crippen molar-refractivity contribution in [1.29, 1.82) is 0 Å². The van der Waals surface area contributed by atoms with Crippen LogP contribution >= 0.6 is 0 Å². The molecule has 0 aliphatic carbocycles. The molecule has 0 saturated carbocycles. The van der Waals surface area contributed by atoms with Crippen LogP contribution in [0.2, 0.25) is 11.6 Å². The summed E-state index contributed by atoms with van der Waals surface area (Å²) in [6.45, 7) is 8.76. The first kappa shape index (κ1) is 15.8. The van der Waals surface area contributed by atoms with Crippen molar-refractivity contribution in [2.45, 2.75) is 38.3 Å². The van der Waals surface area contributed by atoms with Crippen LogP contribution in [0, 0.1) is 0 Å². The predicted octanol–water partition coefficient (Wildman–Crippen LogP) is 4.63. The lowest BCUT2D eigenvalue weighted by Gasteiger charge is -2.37. The molecule has 0 nitrogen and oxygen atoms in total. The summed E-state index contributed by atoms with van der Waals surface area (Å²) in [7, 11) is -1.79. The molecule has 0 aliphatic rings. The molecule has 1 unspecified atom stereocenters. The third-order valence-corrected chi connectivity index (χ3v) is 10.3. The minimum atomic E-state index is -1.79. The van der Waals surface area contributed by atoms with Gasteiger partial charge in [-0.2, -0.15) is 0 Å². The lowest BCUT2D eigenvalue weighted by molar-refractivity contribution is 0.862. The van der Waals surface area contributed by atoms with Crippen molar-refractivity contribution in [2.24, 2.45) is 0 Å². The number of benzene rings is 2. The summed E-state index contributed by atoms with van der Waals surface area (Å²) in [5.41, 5.74) is 0.536. The van der Waals surface area contributed by atoms with E-state index in [4.69, 9.17) is 0 Å². The van der Waals surface area contributed by atoms with E-state index < -0.39 is 8.07 Å². The van der Waals surface area contributed by atoms with Gasteiger partial charge in [-0.3, -0.25) is 0 Å². The van der Waals surface area contributed by atoms with Crippen LogP contribution in [0.15, 0.2) is 73.3 Å². The molecule has 21 heavy (non-hydrogen) atoms. The van der Waals surface area contributed by atoms with E-state index in [2.05, 4.69) is 87.2 Å². The molecule has 0 fully saturated rings. The van der Waals surface area contributed by atoms with Crippen molar-refractivity contribution >= 4 is 18.4 Å². The second-order valence-corrected chi connectivity index (χ2v) is 10.3. The Morgan fingerprint density at radius 3 is 1.81 bits per heavy atom. The van der Waals surface area contributed by atoms with Gasteiger partial charge in [0.2, 0.25) is 0 Å². The first-order valence-corrected chi connectivity index (χ1v) is 10.3. The van der Waals surface area contributed by atoms with Crippen LogP contribution in [0.4, 0.5) is 0 Å². The quantitative estimate of drug-likeness (QED) is 0.516. The van der Waals surface area contributed by atoms with Crippen LogP contribution in [-0.2, 0) is 0 Å². The Labute approximate surface area is 130 Å². The van der Waals surface area contributed by atoms with Crippen LogP contribution < -0.4 is 10.4 Å². The van der Waals surface area contributed by atoms with Crippen LogP contribution in [0.5, 0.6) is 0 Å². The van der Waals surface area contributed by atoms with Crippen LogP contribution in [0.25, 0.3) is 0 Å². The monoisotopic (exact) mass is 294 g/mol. The van der Waals surface area contributed by atoms with Gasteiger partial charge in [-0.1, -0.05) is 104 Å². The molecule has 0 N–H and O–H groups in total. The highest BCUT2D eigenvalue weighted by molar-refractivity contribution is 7.03. The maximum atomic E-state index is 4.12. The molecular weight excluding hydrogens is 268 g/mol. The molecule has 0 heterocycles. The van der Waals surface area contributed by atoms with E-state index in [0.29, 0.717) is 5.54 Å². The molecule has 2 aromatic carbocycles. The molecule has 0 aromatic heterocycles. The zero-order valence-electron chi connectivity index (χ0n) is 13.3. The summed E-state index contributed by atoms with van der Waals surface area (Å²) >= 11 is 0. The van der Waals surface area contributed by atoms with Gasteiger partial charge in [0.1, 0.15) is 8.07 Å². The summed E-state index contributed by atoms with van der Waals surface area (Å²) in [4.78, 5) is 0. The standard InChI is InChI=1S/C20H26Si/c1-4-6-17-21(18(3)5-2,19-13-9-7-10-14-19)20-15-11-8-12-16-20/h5,7-16,18H,2,4,6,17H2,1,3H3. The van der Waals surface area contributed by atoms with Crippen molar-refractivity contribution in [2.75, 3.05) is 0 Å². The molecular formula is C20H26Si. The molecule has 110 valence electrons. The Morgan fingerprint density at radius 1 is 0.952 bits per heavy atom. The highest BCUT2D eigenvalue weighted by Crippen LogP contribution is 2.28. The SMILES string of the molecule is C=CC(C)[Si](CCCC)(c1ccccc1)c1ccccc1. The molecule has 0 amide bonds. The van der Waals surface area contributed by atoms with E-state index >= 15 is 0 Å². The smallest absolute Gasteiger partial charge is 0.103 e. The fraction of sp³-hybridized carbons (Fsp3) is 0.300. The molecule has 0 spiro atoms. The third-order valence-electron chi connectivity index (χ3n) is 4.63. The molecule has 2 rings (SSSR count). The molecule has 0 bridgehead atoms. The molecule has 0 radical (unpaired) electrons. The van der Waals surface area contributed by atoms with Crippen LogP contribution in [0.1, 0.15) is 26.7 Å². The normalized spacial score (nSPS) is 12.9. The minimum Gasteiger partial charge on any atom is -0.103 e. The number of allylic oxidation sites excluding steroid dienone is 1. The van der Waals surface area contributed by atoms with Gasteiger partial charge in [0.05, 0.1) is 0 Å². The Morgan fingerprint density at radius 2 is 1.43 bits per heavy atom. The maximum absolute atomic E-state index is 4.12. The highest BCUT2D eigenvalue weighted by Gasteiger charge is 2.40. The van der Waals surface area contributed by atoms with Gasteiger partial charge in [-0.15, -0.1) is 6.58 Å². The Hall–Kier alpha value is -1.60. The second kappa shape index (κ2) is 7.42. The number of unbranched alkanes of at least 4 members (excludes halogenated alkanes) is 1. The third kappa shape index (κ3) is 3.19. The molecule has 0 aliphatic heterocycles. The van der Waals surface area contributed by atoms with E-state index in [1.807, 2.05) is 0 Å². The van der Waals surface area contributed by atoms with E-state index in [0.717, 1.165) is 0 Å². The Bertz CT molecular complexity index is 505. The Kier molecular flexibility index (Phi) is 5.57. The average Bonchev–Trinajstić information content (AvgIpc) is 2.57. The van der Waals surface area contributed by atoms with Crippen molar-refractivity contribution in [3.63, 3.8) is 0 Å². The molecule has 1 heteroatoms. The first-order valence-electron chi connectivity index (χ1n) is 7.99. The van der Waals surface area contributed by atoms with E-state index in [9.17, 15) is 0 Å². The lowest BCUT2D eigenvalue weighted by atomic mass is 10.3. The highest BCUT2D eigenvalue weighted by atomic mass is 28.3. The summed E-state index contributed by atoms with van der Waals surface area (Å²) < 4.78 is 0. The predicted molar refractivity (Wildman–Crippen MR) is 97.2 cm³/mol. The maximum Gasteiger partial charge on any atom is 0.124 e. The zero-order valence-corrected chi connectivity index (χ0v) is 14.3. The largest absolute Gasteiger partial charge is 0.124 e. The van der Waals surface area contributed by atoms with Gasteiger partial charge >= 0.3 is 0 Å². The zero-order chi connectivity index (χ0) is 15.1. The summed E-state index contributed by atoms with van der Waals surface area (Å²) in [5, 5.41) is 3.08. The van der Waals surface area contributed by atoms with Gasteiger partial charge in [0.15, 0.2) is 0 Å². The van der Waals surface area contributed by atoms with Crippen LogP contribution in [0.3, 0.4) is 0 Å². The van der Waals surface area contributed by atoms with Gasteiger partial charge in [-0.05, 0) is 11.6 Å². The number of rotatable bonds is 7. The number of hydrogen-bond donors (Lipinski definition) is 0. The van der Waals surface area contributed by atoms with Gasteiger partial charge in [-0.25, -0.2) is 0 Å². The van der Waals surface area contributed by atoms with E-state index in [1.54, 1.807) is 0 Å². The van der Waals surface area contributed by atoms with Crippen LogP contribution in [-0.4, -0.2) is 8.07 Å². The Balaban J connectivity index is 2.62. The summed E-state index contributed by atoms with van der Waals surface area (Å²) in [6.07, 6.45) is 4.70. The van der Waals surface area contributed by atoms with E-state index in [-0.39, 0.29) is 0 Å². The minimum absolute atomic E-state index is 0.536. The topological polar surface area (TPSA) is 0 Å². The van der Waals surface area contributed by atoms with Gasteiger partial charge in [0.25, 0.3) is 0 Å². The van der Waals surface area contributed by atoms with Gasteiger partial charge < -0.3 is 0 Å². The average molecular weight is 295 g/mol. The second-order valence-electron chi connectivity index (χ2n) is 5.83. The van der Waals surface area contributed by atoms with Crippen molar-refractivity contribution in [3.8, 4) is 0 Å². The molecule has 2 aromatic rings. The van der Waals surface area contributed by atoms with E-state index in [1.165, 1.54) is 29.3 Å². The number of hydrogen-bond acceptors (Lipinski definition) is 0. The van der Waals surface area contributed by atoms with Crippen molar-refractivity contribution in [3.05, 3.63) is 73.3 Å². The summed E-state index contributed by atoms with van der Waals surface area (Å²) in [5.74, 6) is 0. The molecule has 1 atom stereocenters. The fourth-order valence-corrected chi connectivity index (χ4v) is 8.64. The first-order chi connectivity index (χ1) is 10.3. The molecule has 0 saturated heterocycles. The van der Waals surface area contributed by atoms with Gasteiger partial charge in [0, 0.05) is 0 Å². The van der Waals surface area contributed by atoms with Crippen molar-refractivity contribution < 1.29 is 0 Å².